The number of hydrogen-bond donors (Lipinski definition) is 0. The summed E-state index contributed by atoms with van der Waals surface area (Å²) in [5, 5.41) is 1.01. The molecule has 0 spiro atoms. The van der Waals surface area contributed by atoms with E-state index in [1.165, 1.54) is 0 Å². The molecule has 0 aliphatic rings. The predicted molar refractivity (Wildman–Crippen MR) is 38.4 cm³/mol. The average molecular weight is 129 g/mol. The van der Waals surface area contributed by atoms with Crippen molar-refractivity contribution in [1.29, 1.82) is 0 Å². The minimum atomic E-state index is 0.894. The van der Waals surface area contributed by atoms with Crippen LogP contribution < -0.4 is 0 Å². The lowest BCUT2D eigenvalue weighted by Crippen LogP contribution is -1.77. The topological polar surface area (TPSA) is 25.8 Å². The molecule has 2 rings (SSSR count). The first kappa shape index (κ1) is 5.35. The molecular formula is C8H5N2. The van der Waals surface area contributed by atoms with Crippen LogP contribution in [0.5, 0.6) is 0 Å². The first-order valence-corrected chi connectivity index (χ1v) is 3.03. The van der Waals surface area contributed by atoms with Gasteiger partial charge in [-0.15, -0.1) is 0 Å². The molecule has 0 saturated carbocycles. The lowest BCUT2D eigenvalue weighted by Gasteiger charge is -1.90. The highest BCUT2D eigenvalue weighted by Crippen LogP contribution is 2.05. The second-order valence-electron chi connectivity index (χ2n) is 1.98. The zero-order chi connectivity index (χ0) is 6.81. The molecule has 2 aromatic heterocycles. The van der Waals surface area contributed by atoms with E-state index in [0.29, 0.717) is 0 Å². The van der Waals surface area contributed by atoms with Crippen LogP contribution in [0.25, 0.3) is 10.9 Å². The van der Waals surface area contributed by atoms with Crippen molar-refractivity contribution in [1.82, 2.24) is 9.97 Å². The Bertz CT molecular complexity index is 278. The van der Waals surface area contributed by atoms with Crippen molar-refractivity contribution in [3.63, 3.8) is 0 Å². The maximum absolute atomic E-state index is 4.09. The van der Waals surface area contributed by atoms with E-state index in [9.17, 15) is 0 Å². The first-order chi connectivity index (χ1) is 4.97. The van der Waals surface area contributed by atoms with Crippen molar-refractivity contribution in [2.75, 3.05) is 0 Å². The van der Waals surface area contributed by atoms with Gasteiger partial charge < -0.3 is 0 Å². The molecule has 0 saturated heterocycles. The summed E-state index contributed by atoms with van der Waals surface area (Å²) in [6.45, 7) is 0. The Morgan fingerprint density at radius 2 is 2.30 bits per heavy atom. The van der Waals surface area contributed by atoms with E-state index in [1.54, 1.807) is 24.7 Å². The number of fused-ring (bicyclic) bond motifs is 1. The van der Waals surface area contributed by atoms with Crippen LogP contribution in [0.4, 0.5) is 0 Å². The van der Waals surface area contributed by atoms with E-state index in [4.69, 9.17) is 0 Å². The monoisotopic (exact) mass is 129 g/mol. The van der Waals surface area contributed by atoms with Crippen molar-refractivity contribution < 1.29 is 0 Å². The minimum Gasteiger partial charge on any atom is -0.262 e. The van der Waals surface area contributed by atoms with E-state index in [2.05, 4.69) is 16.0 Å². The fraction of sp³-hybridized carbons (Fsp3) is 0. The normalized spacial score (nSPS) is 10.0. The summed E-state index contributed by atoms with van der Waals surface area (Å²) in [6.07, 6.45) is 5.18. The van der Waals surface area contributed by atoms with Crippen LogP contribution in [0.1, 0.15) is 0 Å². The maximum Gasteiger partial charge on any atom is 0.0891 e. The van der Waals surface area contributed by atoms with Gasteiger partial charge in [-0.3, -0.25) is 9.97 Å². The Balaban J connectivity index is 2.89. The fourth-order valence-corrected chi connectivity index (χ4v) is 0.856. The van der Waals surface area contributed by atoms with Crippen LogP contribution in [0.3, 0.4) is 0 Å². The highest BCUT2D eigenvalue weighted by Gasteiger charge is 1.88. The number of aromatic nitrogens is 2. The Morgan fingerprint density at radius 3 is 3.20 bits per heavy atom. The third-order valence-electron chi connectivity index (χ3n) is 1.33. The highest BCUT2D eigenvalue weighted by atomic mass is 14.7. The van der Waals surface area contributed by atoms with Crippen LogP contribution in [0, 0.1) is 6.07 Å². The van der Waals surface area contributed by atoms with Crippen LogP contribution in [0.15, 0.2) is 30.7 Å². The molecule has 0 fully saturated rings. The molecule has 0 aliphatic carbocycles. The van der Waals surface area contributed by atoms with Gasteiger partial charge in [0, 0.05) is 17.8 Å². The van der Waals surface area contributed by atoms with Gasteiger partial charge in [0.05, 0.1) is 11.7 Å². The van der Waals surface area contributed by atoms with Gasteiger partial charge in [0.25, 0.3) is 0 Å². The molecule has 2 nitrogen and oxygen atoms in total. The Morgan fingerprint density at radius 1 is 1.30 bits per heavy atom. The SMILES string of the molecule is [c]1ccnc2cnccc12. The molecule has 0 aliphatic heterocycles. The summed E-state index contributed by atoms with van der Waals surface area (Å²) in [5.74, 6) is 0. The Labute approximate surface area is 58.6 Å². The summed E-state index contributed by atoms with van der Waals surface area (Å²) in [5.41, 5.74) is 0.894. The van der Waals surface area contributed by atoms with Crippen LogP contribution in [0.2, 0.25) is 0 Å². The van der Waals surface area contributed by atoms with E-state index in [0.717, 1.165) is 10.9 Å². The molecule has 2 heterocycles. The third kappa shape index (κ3) is 0.739. The van der Waals surface area contributed by atoms with Crippen LogP contribution in [-0.2, 0) is 0 Å². The number of pyridine rings is 2. The number of nitrogens with zero attached hydrogens (tertiary/aromatic N) is 2. The molecule has 0 unspecified atom stereocenters. The molecule has 0 N–H and O–H groups in total. The molecule has 2 aromatic rings. The van der Waals surface area contributed by atoms with Gasteiger partial charge in [-0.2, -0.15) is 0 Å². The molecule has 0 atom stereocenters. The molecule has 0 aromatic carbocycles. The van der Waals surface area contributed by atoms with E-state index in [1.807, 2.05) is 6.07 Å². The third-order valence-corrected chi connectivity index (χ3v) is 1.33. The highest BCUT2D eigenvalue weighted by molar-refractivity contribution is 5.75. The quantitative estimate of drug-likeness (QED) is 0.537. The Hall–Kier alpha value is -1.44. The molecule has 0 bridgehead atoms. The average Bonchev–Trinajstić information content (AvgIpc) is 2.05. The zero-order valence-electron chi connectivity index (χ0n) is 5.28. The van der Waals surface area contributed by atoms with Gasteiger partial charge in [0.1, 0.15) is 0 Å². The summed E-state index contributed by atoms with van der Waals surface area (Å²) in [7, 11) is 0. The van der Waals surface area contributed by atoms with Gasteiger partial charge in [0.2, 0.25) is 0 Å². The largest absolute Gasteiger partial charge is 0.262 e. The summed E-state index contributed by atoms with van der Waals surface area (Å²) < 4.78 is 0. The van der Waals surface area contributed by atoms with Crippen molar-refractivity contribution in [3.8, 4) is 0 Å². The molecule has 10 heavy (non-hydrogen) atoms. The van der Waals surface area contributed by atoms with Gasteiger partial charge in [-0.05, 0) is 18.2 Å². The summed E-state index contributed by atoms with van der Waals surface area (Å²) in [4.78, 5) is 8.02. The molecule has 0 amide bonds. The second kappa shape index (κ2) is 2.06. The van der Waals surface area contributed by atoms with Crippen molar-refractivity contribution in [2.45, 2.75) is 0 Å². The van der Waals surface area contributed by atoms with Gasteiger partial charge in [-0.1, -0.05) is 0 Å². The lowest BCUT2D eigenvalue weighted by atomic mass is 10.3. The zero-order valence-corrected chi connectivity index (χ0v) is 5.28. The van der Waals surface area contributed by atoms with Crippen molar-refractivity contribution in [2.24, 2.45) is 0 Å². The maximum atomic E-state index is 4.09. The first-order valence-electron chi connectivity index (χ1n) is 3.03. The van der Waals surface area contributed by atoms with E-state index in [-0.39, 0.29) is 0 Å². The summed E-state index contributed by atoms with van der Waals surface area (Å²) >= 11 is 0. The van der Waals surface area contributed by atoms with E-state index >= 15 is 0 Å². The molecular weight excluding hydrogens is 124 g/mol. The molecule has 47 valence electrons. The lowest BCUT2D eigenvalue weighted by molar-refractivity contribution is 1.31. The second-order valence-corrected chi connectivity index (χ2v) is 1.98. The fourth-order valence-electron chi connectivity index (χ4n) is 0.856. The smallest absolute Gasteiger partial charge is 0.0891 e. The minimum absolute atomic E-state index is 0.894. The van der Waals surface area contributed by atoms with Crippen LogP contribution >= 0.6 is 0 Å². The van der Waals surface area contributed by atoms with Gasteiger partial charge >= 0.3 is 0 Å². The number of rotatable bonds is 0. The Kier molecular flexibility index (Phi) is 1.10. The molecule has 2 heteroatoms. The number of hydrogen-bond acceptors (Lipinski definition) is 2. The van der Waals surface area contributed by atoms with Crippen molar-refractivity contribution in [3.05, 3.63) is 36.8 Å². The van der Waals surface area contributed by atoms with Crippen LogP contribution in [-0.4, -0.2) is 9.97 Å². The van der Waals surface area contributed by atoms with Gasteiger partial charge in [-0.25, -0.2) is 0 Å². The standard InChI is InChI=1S/C8H5N2/c1-2-7-3-5-9-6-8(7)10-4-1/h1,3-6H. The predicted octanol–water partition coefficient (Wildman–Crippen LogP) is 1.43. The van der Waals surface area contributed by atoms with Gasteiger partial charge in [0.15, 0.2) is 0 Å². The van der Waals surface area contributed by atoms with Crippen molar-refractivity contribution >= 4 is 10.9 Å². The van der Waals surface area contributed by atoms with E-state index < -0.39 is 0 Å². The summed E-state index contributed by atoms with van der Waals surface area (Å²) in [6, 6.07) is 6.73. The molecule has 1 radical (unpaired) electrons.